The molecule has 98 valence electrons. The molecule has 0 amide bonds. The molecule has 0 aliphatic carbocycles. The van der Waals surface area contributed by atoms with E-state index in [2.05, 4.69) is 48.6 Å². The second kappa shape index (κ2) is 7.55. The summed E-state index contributed by atoms with van der Waals surface area (Å²) in [6.07, 6.45) is 6.09. The fourth-order valence-electron chi connectivity index (χ4n) is 2.12. The Morgan fingerprint density at radius 3 is 2.00 bits per heavy atom. The van der Waals surface area contributed by atoms with Gasteiger partial charge in [0, 0.05) is 12.5 Å². The Labute approximate surface area is 115 Å². The maximum absolute atomic E-state index is 9.43. The van der Waals surface area contributed by atoms with Crippen molar-refractivity contribution in [1.29, 1.82) is 0 Å². The molecule has 1 nitrogen and oxygen atoms in total. The zero-order valence-electron chi connectivity index (χ0n) is 11.1. The molecule has 0 saturated carbocycles. The number of aliphatic hydroxyl groups excluding tert-OH is 1. The maximum Gasteiger partial charge on any atom is 0.0496 e. The van der Waals surface area contributed by atoms with Crippen LogP contribution in [0.3, 0.4) is 0 Å². The van der Waals surface area contributed by atoms with E-state index in [-0.39, 0.29) is 12.5 Å². The first-order chi connectivity index (χ1) is 9.38. The monoisotopic (exact) mass is 252 g/mol. The van der Waals surface area contributed by atoms with Gasteiger partial charge in [-0.05, 0) is 24.0 Å². The lowest BCUT2D eigenvalue weighted by molar-refractivity contribution is 0.252. The Kier molecular flexibility index (Phi) is 5.39. The molecule has 0 bridgehead atoms. The van der Waals surface area contributed by atoms with E-state index in [4.69, 9.17) is 0 Å². The summed E-state index contributed by atoms with van der Waals surface area (Å²) in [4.78, 5) is 0. The fourth-order valence-corrected chi connectivity index (χ4v) is 2.12. The average molecular weight is 252 g/mol. The van der Waals surface area contributed by atoms with Gasteiger partial charge in [0.2, 0.25) is 0 Å². The zero-order chi connectivity index (χ0) is 13.3. The molecule has 1 heteroatoms. The smallest absolute Gasteiger partial charge is 0.0496 e. The molecule has 1 N–H and O–H groups in total. The lowest BCUT2D eigenvalue weighted by atomic mass is 9.99. The predicted octanol–water partition coefficient (Wildman–Crippen LogP) is 3.64. The van der Waals surface area contributed by atoms with Gasteiger partial charge in [0.15, 0.2) is 0 Å². The van der Waals surface area contributed by atoms with Gasteiger partial charge in [0.05, 0.1) is 0 Å². The number of benzene rings is 2. The summed E-state index contributed by atoms with van der Waals surface area (Å²) in [6.45, 7) is 0.195. The normalized spacial score (nSPS) is 12.7. The topological polar surface area (TPSA) is 20.2 Å². The van der Waals surface area contributed by atoms with Crippen LogP contribution in [-0.4, -0.2) is 11.7 Å². The van der Waals surface area contributed by atoms with E-state index in [1.807, 2.05) is 24.3 Å². The van der Waals surface area contributed by atoms with Crippen molar-refractivity contribution in [3.05, 3.63) is 83.9 Å². The minimum absolute atomic E-state index is 0.195. The van der Waals surface area contributed by atoms with E-state index in [0.29, 0.717) is 0 Å². The molecule has 0 heterocycles. The Hall–Kier alpha value is -1.86. The highest BCUT2D eigenvalue weighted by molar-refractivity contribution is 5.19. The Morgan fingerprint density at radius 2 is 1.42 bits per heavy atom. The standard InChI is InChI=1S/C18H20O/c19-15-18(14-17-10-5-2-6-11-17)13-7-12-16-8-3-1-4-9-16/h1-11,13,18-19H,12,14-15H2/b13-7+/t18-/m0/s1. The van der Waals surface area contributed by atoms with Crippen molar-refractivity contribution in [3.63, 3.8) is 0 Å². The lowest BCUT2D eigenvalue weighted by Gasteiger charge is -2.09. The molecule has 0 unspecified atom stereocenters. The first-order valence-electron chi connectivity index (χ1n) is 6.74. The highest BCUT2D eigenvalue weighted by Gasteiger charge is 2.03. The number of allylic oxidation sites excluding steroid dienone is 1. The van der Waals surface area contributed by atoms with Crippen molar-refractivity contribution in [2.24, 2.45) is 5.92 Å². The highest BCUT2D eigenvalue weighted by Crippen LogP contribution is 2.10. The van der Waals surface area contributed by atoms with Gasteiger partial charge in [-0.2, -0.15) is 0 Å². The first kappa shape index (κ1) is 13.6. The number of hydrogen-bond acceptors (Lipinski definition) is 1. The van der Waals surface area contributed by atoms with Crippen LogP contribution >= 0.6 is 0 Å². The summed E-state index contributed by atoms with van der Waals surface area (Å²) in [6, 6.07) is 20.7. The molecular weight excluding hydrogens is 232 g/mol. The van der Waals surface area contributed by atoms with Crippen molar-refractivity contribution >= 4 is 0 Å². The van der Waals surface area contributed by atoms with Crippen LogP contribution in [0.25, 0.3) is 0 Å². The SMILES string of the molecule is OC[C@@H](/C=C/Cc1ccccc1)Cc1ccccc1. The van der Waals surface area contributed by atoms with Crippen LogP contribution in [0, 0.1) is 5.92 Å². The third-order valence-electron chi connectivity index (χ3n) is 3.18. The van der Waals surface area contributed by atoms with Gasteiger partial charge < -0.3 is 5.11 Å². The average Bonchev–Trinajstić information content (AvgIpc) is 2.48. The molecule has 0 saturated heterocycles. The van der Waals surface area contributed by atoms with E-state index in [9.17, 15) is 5.11 Å². The van der Waals surface area contributed by atoms with Crippen molar-refractivity contribution in [2.45, 2.75) is 12.8 Å². The third-order valence-corrected chi connectivity index (χ3v) is 3.18. The van der Waals surface area contributed by atoms with Crippen LogP contribution in [0.5, 0.6) is 0 Å². The van der Waals surface area contributed by atoms with Crippen molar-refractivity contribution in [3.8, 4) is 0 Å². The van der Waals surface area contributed by atoms with Crippen LogP contribution in [0.15, 0.2) is 72.8 Å². The molecule has 0 spiro atoms. The molecule has 0 aliphatic rings. The summed E-state index contributed by atoms with van der Waals surface area (Å²) < 4.78 is 0. The highest BCUT2D eigenvalue weighted by atomic mass is 16.3. The molecular formula is C18H20O. The van der Waals surface area contributed by atoms with Gasteiger partial charge in [-0.3, -0.25) is 0 Å². The van der Waals surface area contributed by atoms with Crippen molar-refractivity contribution in [2.75, 3.05) is 6.61 Å². The molecule has 0 radical (unpaired) electrons. The van der Waals surface area contributed by atoms with Crippen LogP contribution in [0.1, 0.15) is 11.1 Å². The van der Waals surface area contributed by atoms with Gasteiger partial charge in [-0.25, -0.2) is 0 Å². The second-order valence-electron chi connectivity index (χ2n) is 4.75. The first-order valence-corrected chi connectivity index (χ1v) is 6.74. The Bertz CT molecular complexity index is 488. The fraction of sp³-hybridized carbons (Fsp3) is 0.222. The Balaban J connectivity index is 1.88. The summed E-state index contributed by atoms with van der Waals surface area (Å²) in [5.74, 6) is 0.200. The number of aliphatic hydroxyl groups is 1. The van der Waals surface area contributed by atoms with Crippen LogP contribution in [0.4, 0.5) is 0 Å². The molecule has 2 rings (SSSR count). The molecule has 0 fully saturated rings. The number of rotatable bonds is 6. The lowest BCUT2D eigenvalue weighted by Crippen LogP contribution is -2.06. The molecule has 2 aromatic rings. The summed E-state index contributed by atoms with van der Waals surface area (Å²) in [5.41, 5.74) is 2.57. The number of hydrogen-bond donors (Lipinski definition) is 1. The van der Waals surface area contributed by atoms with Crippen molar-refractivity contribution < 1.29 is 5.11 Å². The van der Waals surface area contributed by atoms with Gasteiger partial charge in [0.25, 0.3) is 0 Å². The predicted molar refractivity (Wildman–Crippen MR) is 80.0 cm³/mol. The van der Waals surface area contributed by atoms with Gasteiger partial charge >= 0.3 is 0 Å². The van der Waals surface area contributed by atoms with Crippen LogP contribution < -0.4 is 0 Å². The van der Waals surface area contributed by atoms with E-state index >= 15 is 0 Å². The van der Waals surface area contributed by atoms with Gasteiger partial charge in [-0.15, -0.1) is 0 Å². The van der Waals surface area contributed by atoms with E-state index < -0.39 is 0 Å². The summed E-state index contributed by atoms with van der Waals surface area (Å²) >= 11 is 0. The summed E-state index contributed by atoms with van der Waals surface area (Å²) in [5, 5.41) is 9.43. The van der Waals surface area contributed by atoms with Gasteiger partial charge in [-0.1, -0.05) is 72.8 Å². The van der Waals surface area contributed by atoms with Crippen LogP contribution in [-0.2, 0) is 12.8 Å². The van der Waals surface area contributed by atoms with Crippen LogP contribution in [0.2, 0.25) is 0 Å². The molecule has 2 aromatic carbocycles. The second-order valence-corrected chi connectivity index (χ2v) is 4.75. The summed E-state index contributed by atoms with van der Waals surface area (Å²) in [7, 11) is 0. The van der Waals surface area contributed by atoms with E-state index in [1.165, 1.54) is 11.1 Å². The minimum atomic E-state index is 0.195. The van der Waals surface area contributed by atoms with Gasteiger partial charge in [0.1, 0.15) is 0 Å². The zero-order valence-corrected chi connectivity index (χ0v) is 11.1. The molecule has 1 atom stereocenters. The quantitative estimate of drug-likeness (QED) is 0.778. The Morgan fingerprint density at radius 1 is 0.842 bits per heavy atom. The molecule has 0 aromatic heterocycles. The van der Waals surface area contributed by atoms with Crippen molar-refractivity contribution in [1.82, 2.24) is 0 Å². The third kappa shape index (κ3) is 4.72. The maximum atomic E-state index is 9.43. The minimum Gasteiger partial charge on any atom is -0.396 e. The van der Waals surface area contributed by atoms with E-state index in [0.717, 1.165) is 12.8 Å². The molecule has 19 heavy (non-hydrogen) atoms. The largest absolute Gasteiger partial charge is 0.396 e. The van der Waals surface area contributed by atoms with E-state index in [1.54, 1.807) is 0 Å². The molecule has 0 aliphatic heterocycles.